The minimum Gasteiger partial charge on any atom is -0.396 e. The summed E-state index contributed by atoms with van der Waals surface area (Å²) in [5, 5.41) is 12.0. The molecule has 0 heterocycles. The highest BCUT2D eigenvalue weighted by Gasteiger charge is 2.42. The van der Waals surface area contributed by atoms with E-state index in [1.165, 1.54) is 0 Å². The maximum atomic E-state index is 11.8. The number of hydrogen-bond acceptors (Lipinski definition) is 3. The van der Waals surface area contributed by atoms with Crippen molar-refractivity contribution in [2.75, 3.05) is 13.2 Å². The van der Waals surface area contributed by atoms with Crippen molar-refractivity contribution in [3.05, 3.63) is 35.4 Å². The molecule has 4 heteroatoms. The summed E-state index contributed by atoms with van der Waals surface area (Å²) < 4.78 is 0. The molecule has 1 fully saturated rings. The van der Waals surface area contributed by atoms with Crippen LogP contribution in [0, 0.1) is 5.41 Å². The Hall–Kier alpha value is -1.39. The monoisotopic (exact) mass is 234 g/mol. The molecule has 2 rings (SSSR count). The van der Waals surface area contributed by atoms with Gasteiger partial charge in [0, 0.05) is 24.1 Å². The van der Waals surface area contributed by atoms with Crippen LogP contribution in [0.15, 0.2) is 24.3 Å². The topological polar surface area (TPSA) is 75.4 Å². The van der Waals surface area contributed by atoms with E-state index in [9.17, 15) is 4.79 Å². The summed E-state index contributed by atoms with van der Waals surface area (Å²) in [7, 11) is 0. The first-order valence-electron chi connectivity index (χ1n) is 5.87. The Labute approximate surface area is 101 Å². The zero-order valence-corrected chi connectivity index (χ0v) is 9.78. The van der Waals surface area contributed by atoms with Crippen LogP contribution in [-0.2, 0) is 6.54 Å². The fourth-order valence-corrected chi connectivity index (χ4v) is 1.73. The van der Waals surface area contributed by atoms with Crippen LogP contribution in [0.25, 0.3) is 0 Å². The van der Waals surface area contributed by atoms with E-state index in [1.807, 2.05) is 12.1 Å². The number of aliphatic hydroxyl groups is 1. The fourth-order valence-electron chi connectivity index (χ4n) is 1.73. The summed E-state index contributed by atoms with van der Waals surface area (Å²) in [4.78, 5) is 11.8. The number of nitrogens with two attached hydrogens (primary N) is 1. The Morgan fingerprint density at radius 2 is 2.00 bits per heavy atom. The van der Waals surface area contributed by atoms with Gasteiger partial charge in [-0.15, -0.1) is 0 Å². The van der Waals surface area contributed by atoms with E-state index in [4.69, 9.17) is 10.8 Å². The van der Waals surface area contributed by atoms with Crippen molar-refractivity contribution in [1.82, 2.24) is 5.32 Å². The second-order valence-electron chi connectivity index (χ2n) is 4.74. The van der Waals surface area contributed by atoms with Crippen molar-refractivity contribution < 1.29 is 9.90 Å². The van der Waals surface area contributed by atoms with Crippen molar-refractivity contribution in [2.24, 2.45) is 11.1 Å². The van der Waals surface area contributed by atoms with Gasteiger partial charge in [-0.1, -0.05) is 12.1 Å². The fraction of sp³-hybridized carbons (Fsp3) is 0.462. The first kappa shape index (κ1) is 12.1. The van der Waals surface area contributed by atoms with Crippen molar-refractivity contribution in [2.45, 2.75) is 19.4 Å². The number of carbonyl (C=O) groups excluding carboxylic acids is 1. The maximum Gasteiger partial charge on any atom is 0.251 e. The van der Waals surface area contributed by atoms with Crippen molar-refractivity contribution in [3.63, 3.8) is 0 Å². The zero-order valence-electron chi connectivity index (χ0n) is 9.78. The zero-order chi connectivity index (χ0) is 12.3. The number of rotatable bonds is 5. The molecule has 0 spiro atoms. The standard InChI is InChI=1S/C13H18N2O2/c14-7-10-1-3-11(4-2-10)12(17)15-8-13(9-16)5-6-13/h1-4,16H,5-9,14H2,(H,15,17). The average molecular weight is 234 g/mol. The molecule has 1 aliphatic rings. The Morgan fingerprint density at radius 1 is 1.35 bits per heavy atom. The van der Waals surface area contributed by atoms with Gasteiger partial charge in [-0.2, -0.15) is 0 Å². The Kier molecular flexibility index (Phi) is 3.45. The van der Waals surface area contributed by atoms with Crippen LogP contribution < -0.4 is 11.1 Å². The van der Waals surface area contributed by atoms with Crippen LogP contribution in [-0.4, -0.2) is 24.2 Å². The minimum atomic E-state index is -0.0895. The number of nitrogens with one attached hydrogen (secondary N) is 1. The Morgan fingerprint density at radius 3 is 2.47 bits per heavy atom. The van der Waals surface area contributed by atoms with E-state index in [0.717, 1.165) is 18.4 Å². The second kappa shape index (κ2) is 4.85. The summed E-state index contributed by atoms with van der Waals surface area (Å²) in [6.07, 6.45) is 1.99. The van der Waals surface area contributed by atoms with Gasteiger partial charge in [0.1, 0.15) is 0 Å². The molecule has 0 saturated heterocycles. The predicted octanol–water partition coefficient (Wildman–Crippen LogP) is 0.648. The van der Waals surface area contributed by atoms with Crippen LogP contribution in [0.5, 0.6) is 0 Å². The van der Waals surface area contributed by atoms with E-state index in [1.54, 1.807) is 12.1 Å². The van der Waals surface area contributed by atoms with E-state index in [2.05, 4.69) is 5.32 Å². The maximum absolute atomic E-state index is 11.8. The molecule has 1 aromatic carbocycles. The first-order chi connectivity index (χ1) is 8.19. The molecule has 1 saturated carbocycles. The molecule has 4 N–H and O–H groups in total. The largest absolute Gasteiger partial charge is 0.396 e. The lowest BCUT2D eigenvalue weighted by molar-refractivity contribution is 0.0935. The van der Waals surface area contributed by atoms with Crippen molar-refractivity contribution >= 4 is 5.91 Å². The molecule has 0 aliphatic heterocycles. The van der Waals surface area contributed by atoms with Gasteiger partial charge in [0.05, 0.1) is 6.61 Å². The number of carbonyl (C=O) groups is 1. The van der Waals surface area contributed by atoms with Gasteiger partial charge in [0.15, 0.2) is 0 Å². The van der Waals surface area contributed by atoms with Gasteiger partial charge >= 0.3 is 0 Å². The van der Waals surface area contributed by atoms with Crippen LogP contribution in [0.2, 0.25) is 0 Å². The summed E-state index contributed by atoms with van der Waals surface area (Å²) in [6, 6.07) is 7.26. The first-order valence-corrected chi connectivity index (χ1v) is 5.87. The van der Waals surface area contributed by atoms with E-state index in [0.29, 0.717) is 18.7 Å². The van der Waals surface area contributed by atoms with Gasteiger partial charge in [-0.3, -0.25) is 4.79 Å². The van der Waals surface area contributed by atoms with Crippen LogP contribution >= 0.6 is 0 Å². The third-order valence-corrected chi connectivity index (χ3v) is 3.37. The van der Waals surface area contributed by atoms with Gasteiger partial charge in [0.25, 0.3) is 5.91 Å². The lowest BCUT2D eigenvalue weighted by Crippen LogP contribution is -2.31. The molecule has 0 radical (unpaired) electrons. The molecule has 0 bridgehead atoms. The van der Waals surface area contributed by atoms with Gasteiger partial charge in [-0.25, -0.2) is 0 Å². The summed E-state index contributed by atoms with van der Waals surface area (Å²) in [6.45, 7) is 1.19. The molecule has 1 aliphatic carbocycles. The highest BCUT2D eigenvalue weighted by Crippen LogP contribution is 2.44. The third kappa shape index (κ3) is 2.84. The lowest BCUT2D eigenvalue weighted by atomic mass is 10.1. The summed E-state index contributed by atoms with van der Waals surface area (Å²) >= 11 is 0. The summed E-state index contributed by atoms with van der Waals surface area (Å²) in [5.41, 5.74) is 7.09. The molecular weight excluding hydrogens is 216 g/mol. The quantitative estimate of drug-likeness (QED) is 0.700. The Bertz CT molecular complexity index is 396. The highest BCUT2D eigenvalue weighted by molar-refractivity contribution is 5.94. The third-order valence-electron chi connectivity index (χ3n) is 3.37. The van der Waals surface area contributed by atoms with Crippen LogP contribution in [0.4, 0.5) is 0 Å². The Balaban J connectivity index is 1.90. The van der Waals surface area contributed by atoms with E-state index in [-0.39, 0.29) is 17.9 Å². The van der Waals surface area contributed by atoms with Crippen molar-refractivity contribution in [1.29, 1.82) is 0 Å². The number of amides is 1. The van der Waals surface area contributed by atoms with Crippen molar-refractivity contribution in [3.8, 4) is 0 Å². The molecule has 1 aromatic rings. The van der Waals surface area contributed by atoms with Gasteiger partial charge < -0.3 is 16.2 Å². The molecule has 1 amide bonds. The lowest BCUT2D eigenvalue weighted by Gasteiger charge is -2.12. The molecule has 0 unspecified atom stereocenters. The molecule has 0 aromatic heterocycles. The molecular formula is C13H18N2O2. The normalized spacial score (nSPS) is 16.6. The van der Waals surface area contributed by atoms with Gasteiger partial charge in [-0.05, 0) is 30.5 Å². The average Bonchev–Trinajstić information content (AvgIpc) is 3.17. The smallest absolute Gasteiger partial charge is 0.251 e. The molecule has 17 heavy (non-hydrogen) atoms. The summed E-state index contributed by atoms with van der Waals surface area (Å²) in [5.74, 6) is -0.0895. The molecule has 0 atom stereocenters. The molecule has 4 nitrogen and oxygen atoms in total. The number of hydrogen-bond donors (Lipinski definition) is 3. The van der Waals surface area contributed by atoms with Crippen LogP contribution in [0.3, 0.4) is 0 Å². The van der Waals surface area contributed by atoms with E-state index >= 15 is 0 Å². The van der Waals surface area contributed by atoms with Crippen LogP contribution in [0.1, 0.15) is 28.8 Å². The SMILES string of the molecule is NCc1ccc(C(=O)NCC2(CO)CC2)cc1. The highest BCUT2D eigenvalue weighted by atomic mass is 16.3. The number of aliphatic hydroxyl groups excluding tert-OH is 1. The predicted molar refractivity (Wildman–Crippen MR) is 65.4 cm³/mol. The minimum absolute atomic E-state index is 0.0488. The van der Waals surface area contributed by atoms with E-state index < -0.39 is 0 Å². The molecule has 92 valence electrons. The number of benzene rings is 1. The second-order valence-corrected chi connectivity index (χ2v) is 4.74. The van der Waals surface area contributed by atoms with Gasteiger partial charge in [0.2, 0.25) is 0 Å².